The summed E-state index contributed by atoms with van der Waals surface area (Å²) < 4.78 is 0. The lowest BCUT2D eigenvalue weighted by molar-refractivity contribution is 0.0999. The highest BCUT2D eigenvalue weighted by Crippen LogP contribution is 2.22. The fraction of sp³-hybridized carbons (Fsp3) is 0.500. The summed E-state index contributed by atoms with van der Waals surface area (Å²) in [6.45, 7) is 1.86. The molecule has 1 unspecified atom stereocenters. The number of nitrogens with one attached hydrogen (secondary N) is 2. The van der Waals surface area contributed by atoms with Crippen molar-refractivity contribution in [2.24, 2.45) is 5.73 Å². The van der Waals surface area contributed by atoms with Gasteiger partial charge in [0.15, 0.2) is 0 Å². The maximum absolute atomic E-state index is 11.0. The lowest BCUT2D eigenvalue weighted by Crippen LogP contribution is -2.15. The average Bonchev–Trinajstić information content (AvgIpc) is 2.74. The van der Waals surface area contributed by atoms with Crippen LogP contribution >= 0.6 is 0 Å². The lowest BCUT2D eigenvalue weighted by atomic mass is 10.0. The number of rotatable bonds is 2. The van der Waals surface area contributed by atoms with Gasteiger partial charge in [-0.3, -0.25) is 9.89 Å². The van der Waals surface area contributed by atoms with E-state index >= 15 is 0 Å². The van der Waals surface area contributed by atoms with Crippen LogP contribution in [0.4, 0.5) is 0 Å². The molecule has 70 valence electrons. The van der Waals surface area contributed by atoms with Gasteiger partial charge in [-0.2, -0.15) is 5.10 Å². The minimum absolute atomic E-state index is 0.328. The molecule has 0 spiro atoms. The zero-order valence-corrected chi connectivity index (χ0v) is 7.21. The monoisotopic (exact) mass is 180 g/mol. The number of carbonyl (C=O) groups excluding carboxylic acids is 1. The number of amides is 1. The van der Waals surface area contributed by atoms with Crippen LogP contribution in [-0.4, -0.2) is 29.2 Å². The first-order chi connectivity index (χ1) is 6.29. The first-order valence-corrected chi connectivity index (χ1v) is 4.33. The summed E-state index contributed by atoms with van der Waals surface area (Å²) >= 11 is 0. The Morgan fingerprint density at radius 3 is 3.15 bits per heavy atom. The van der Waals surface area contributed by atoms with Gasteiger partial charge in [-0.05, 0) is 13.0 Å². The molecular formula is C8H12N4O. The van der Waals surface area contributed by atoms with Crippen molar-refractivity contribution >= 4 is 5.91 Å². The van der Waals surface area contributed by atoms with E-state index in [1.807, 2.05) is 0 Å². The highest BCUT2D eigenvalue weighted by Gasteiger charge is 2.23. The van der Waals surface area contributed by atoms with E-state index in [9.17, 15) is 4.79 Å². The predicted molar refractivity (Wildman–Crippen MR) is 47.3 cm³/mol. The molecule has 1 aromatic rings. The Balaban J connectivity index is 2.28. The fourth-order valence-corrected chi connectivity index (χ4v) is 1.70. The largest absolute Gasteiger partial charge is 0.365 e. The zero-order valence-electron chi connectivity index (χ0n) is 7.21. The third-order valence-electron chi connectivity index (χ3n) is 2.38. The van der Waals surface area contributed by atoms with Crippen LogP contribution in [0.25, 0.3) is 0 Å². The quantitative estimate of drug-likeness (QED) is 0.578. The predicted octanol–water partition coefficient (Wildman–Crippen LogP) is -0.415. The van der Waals surface area contributed by atoms with E-state index < -0.39 is 5.91 Å². The third kappa shape index (κ3) is 1.42. The number of hydrogen-bond acceptors (Lipinski definition) is 3. The van der Waals surface area contributed by atoms with Gasteiger partial charge in [0.05, 0.1) is 11.3 Å². The first-order valence-electron chi connectivity index (χ1n) is 4.33. The van der Waals surface area contributed by atoms with Crippen molar-refractivity contribution in [2.75, 3.05) is 13.1 Å². The molecule has 0 bridgehead atoms. The molecule has 1 aliphatic heterocycles. The second-order valence-electron chi connectivity index (χ2n) is 3.24. The van der Waals surface area contributed by atoms with Crippen molar-refractivity contribution in [3.8, 4) is 0 Å². The Kier molecular flexibility index (Phi) is 2.02. The van der Waals surface area contributed by atoms with E-state index in [0.717, 1.165) is 25.2 Å². The van der Waals surface area contributed by atoms with Crippen LogP contribution in [0.2, 0.25) is 0 Å². The summed E-state index contributed by atoms with van der Waals surface area (Å²) in [6, 6.07) is 0. The van der Waals surface area contributed by atoms with Crippen LogP contribution in [0.1, 0.15) is 28.4 Å². The minimum atomic E-state index is -0.407. The molecule has 2 heterocycles. The van der Waals surface area contributed by atoms with E-state index in [0.29, 0.717) is 11.5 Å². The molecule has 0 aliphatic carbocycles. The Labute approximate surface area is 75.7 Å². The molecule has 1 aliphatic rings. The molecule has 4 N–H and O–H groups in total. The fourth-order valence-electron chi connectivity index (χ4n) is 1.70. The molecule has 1 saturated heterocycles. The minimum Gasteiger partial charge on any atom is -0.365 e. The smallest absolute Gasteiger partial charge is 0.252 e. The van der Waals surface area contributed by atoms with E-state index in [1.165, 1.54) is 0 Å². The van der Waals surface area contributed by atoms with Crippen molar-refractivity contribution in [2.45, 2.75) is 12.3 Å². The number of carbonyl (C=O) groups is 1. The van der Waals surface area contributed by atoms with Crippen LogP contribution in [0, 0.1) is 0 Å². The average molecular weight is 180 g/mol. The highest BCUT2D eigenvalue weighted by molar-refractivity contribution is 5.93. The highest BCUT2D eigenvalue weighted by atomic mass is 16.1. The van der Waals surface area contributed by atoms with Crippen LogP contribution in [0.3, 0.4) is 0 Å². The van der Waals surface area contributed by atoms with Gasteiger partial charge in [0.25, 0.3) is 5.91 Å². The number of H-pyrrole nitrogens is 1. The maximum Gasteiger partial charge on any atom is 0.252 e. The second-order valence-corrected chi connectivity index (χ2v) is 3.24. The standard InChI is InChI=1S/C8H12N4O/c9-8(13)6-4-11-12-7(6)5-1-2-10-3-5/h4-5,10H,1-3H2,(H2,9,13)(H,11,12). The second kappa shape index (κ2) is 3.18. The number of aromatic amines is 1. The van der Waals surface area contributed by atoms with Gasteiger partial charge >= 0.3 is 0 Å². The number of nitrogens with zero attached hydrogens (tertiary/aromatic N) is 1. The van der Waals surface area contributed by atoms with E-state index in [-0.39, 0.29) is 0 Å². The van der Waals surface area contributed by atoms with Crippen LogP contribution in [0.15, 0.2) is 6.20 Å². The van der Waals surface area contributed by atoms with Gasteiger partial charge in [-0.25, -0.2) is 0 Å². The molecular weight excluding hydrogens is 168 g/mol. The summed E-state index contributed by atoms with van der Waals surface area (Å²) in [4.78, 5) is 11.0. The van der Waals surface area contributed by atoms with Gasteiger partial charge in [0.1, 0.15) is 0 Å². The molecule has 1 aromatic heterocycles. The number of aromatic nitrogens is 2. The van der Waals surface area contributed by atoms with Crippen LogP contribution < -0.4 is 11.1 Å². The summed E-state index contributed by atoms with van der Waals surface area (Å²) in [5.74, 6) is -0.0793. The van der Waals surface area contributed by atoms with Gasteiger partial charge in [-0.15, -0.1) is 0 Å². The Morgan fingerprint density at radius 1 is 1.69 bits per heavy atom. The topological polar surface area (TPSA) is 83.8 Å². The molecule has 0 saturated carbocycles. The number of nitrogens with two attached hydrogens (primary N) is 1. The number of hydrogen-bond donors (Lipinski definition) is 3. The summed E-state index contributed by atoms with van der Waals surface area (Å²) in [5, 5.41) is 9.95. The lowest BCUT2D eigenvalue weighted by Gasteiger charge is -2.04. The number of primary amides is 1. The van der Waals surface area contributed by atoms with E-state index in [1.54, 1.807) is 6.20 Å². The molecule has 0 radical (unpaired) electrons. The molecule has 5 heteroatoms. The van der Waals surface area contributed by atoms with Gasteiger partial charge in [0.2, 0.25) is 0 Å². The normalized spacial score (nSPS) is 22.0. The Morgan fingerprint density at radius 2 is 2.54 bits per heavy atom. The summed E-state index contributed by atoms with van der Waals surface area (Å²) in [7, 11) is 0. The molecule has 1 fully saturated rings. The molecule has 5 nitrogen and oxygen atoms in total. The molecule has 13 heavy (non-hydrogen) atoms. The van der Waals surface area contributed by atoms with Crippen LogP contribution in [-0.2, 0) is 0 Å². The third-order valence-corrected chi connectivity index (χ3v) is 2.38. The van der Waals surface area contributed by atoms with Gasteiger partial charge in [-0.1, -0.05) is 0 Å². The molecule has 0 aromatic carbocycles. The van der Waals surface area contributed by atoms with E-state index in [2.05, 4.69) is 15.5 Å². The molecule has 1 amide bonds. The Bertz CT molecular complexity index is 314. The molecule has 1 atom stereocenters. The summed E-state index contributed by atoms with van der Waals surface area (Å²) in [5.41, 5.74) is 6.53. The van der Waals surface area contributed by atoms with Crippen LogP contribution in [0.5, 0.6) is 0 Å². The maximum atomic E-state index is 11.0. The van der Waals surface area contributed by atoms with E-state index in [4.69, 9.17) is 5.73 Å². The first kappa shape index (κ1) is 8.25. The summed E-state index contributed by atoms with van der Waals surface area (Å²) in [6.07, 6.45) is 2.58. The van der Waals surface area contributed by atoms with Gasteiger partial charge in [0, 0.05) is 18.7 Å². The van der Waals surface area contributed by atoms with Crippen molar-refractivity contribution in [1.82, 2.24) is 15.5 Å². The zero-order chi connectivity index (χ0) is 9.26. The van der Waals surface area contributed by atoms with Crippen molar-refractivity contribution in [1.29, 1.82) is 0 Å². The van der Waals surface area contributed by atoms with Crippen molar-refractivity contribution in [3.63, 3.8) is 0 Å². The van der Waals surface area contributed by atoms with Crippen molar-refractivity contribution in [3.05, 3.63) is 17.5 Å². The van der Waals surface area contributed by atoms with Gasteiger partial charge < -0.3 is 11.1 Å². The molecule has 2 rings (SSSR count). The Hall–Kier alpha value is -1.36. The SMILES string of the molecule is NC(=O)c1c[nH]nc1C1CCNC1. The van der Waals surface area contributed by atoms with Crippen molar-refractivity contribution < 1.29 is 4.79 Å².